The molecule has 0 aliphatic carbocycles. The molecular weight excluding hydrogens is 440 g/mol. The van der Waals surface area contributed by atoms with Crippen molar-refractivity contribution in [1.82, 2.24) is 14.5 Å². The second-order valence-electron chi connectivity index (χ2n) is 8.67. The minimum absolute atomic E-state index is 0.0218. The number of aromatic amines is 1. The van der Waals surface area contributed by atoms with Gasteiger partial charge in [-0.25, -0.2) is 4.79 Å². The van der Waals surface area contributed by atoms with Crippen LogP contribution in [0.2, 0.25) is 0 Å². The fraction of sp³-hybridized carbons (Fsp3) is 0.542. The van der Waals surface area contributed by atoms with E-state index in [4.69, 9.17) is 14.2 Å². The standard InChI is InChI=1S/C24H32N4O6/c1-4-5-6-7-9-28-23(30)16(22(29)26-24(28)31)12-25-13-17-19-15(8-10-27(17)2)11-18-20(21(19)32-3)34-14-33-18/h11-12,17,30H,4-10,13-14H2,1-3H3,(H,26,29,31)/t17-/m0/s1. The molecule has 1 aromatic carbocycles. The fourth-order valence-corrected chi connectivity index (χ4v) is 4.60. The van der Waals surface area contributed by atoms with Crippen LogP contribution in [0.15, 0.2) is 20.6 Å². The van der Waals surface area contributed by atoms with E-state index in [1.165, 1.54) is 10.8 Å². The number of nitrogens with zero attached hydrogens (tertiary/aromatic N) is 3. The Morgan fingerprint density at radius 3 is 2.88 bits per heavy atom. The molecule has 2 N–H and O–H groups in total. The topological polar surface area (TPSA) is 118 Å². The number of likely N-dealkylation sites (N-methyl/N-ethyl adjacent to an activating group) is 1. The maximum Gasteiger partial charge on any atom is 0.331 e. The number of aromatic hydroxyl groups is 1. The molecule has 0 spiro atoms. The van der Waals surface area contributed by atoms with Gasteiger partial charge in [-0.3, -0.25) is 24.2 Å². The minimum atomic E-state index is -0.658. The van der Waals surface area contributed by atoms with Gasteiger partial charge in [-0.15, -0.1) is 0 Å². The van der Waals surface area contributed by atoms with Gasteiger partial charge < -0.3 is 19.3 Å². The predicted octanol–water partition coefficient (Wildman–Crippen LogP) is 2.21. The average Bonchev–Trinajstić information content (AvgIpc) is 3.28. The SMILES string of the molecule is CCCCCCn1c(O)c(C=NC[C@H]2c3c(cc4c(c3OC)OCO4)CCN2C)c(=O)[nH]c1=O. The van der Waals surface area contributed by atoms with Gasteiger partial charge in [-0.2, -0.15) is 0 Å². The van der Waals surface area contributed by atoms with E-state index in [-0.39, 0.29) is 24.3 Å². The smallest absolute Gasteiger partial charge is 0.331 e. The first-order valence-electron chi connectivity index (χ1n) is 11.7. The van der Waals surface area contributed by atoms with Crippen LogP contribution in [0.4, 0.5) is 0 Å². The van der Waals surface area contributed by atoms with Gasteiger partial charge in [0.2, 0.25) is 18.4 Å². The van der Waals surface area contributed by atoms with Gasteiger partial charge in [0.1, 0.15) is 5.56 Å². The first-order chi connectivity index (χ1) is 16.5. The van der Waals surface area contributed by atoms with Crippen molar-refractivity contribution in [2.45, 2.75) is 51.6 Å². The molecule has 3 heterocycles. The Hall–Kier alpha value is -3.27. The highest BCUT2D eigenvalue weighted by atomic mass is 16.7. The fourth-order valence-electron chi connectivity index (χ4n) is 4.60. The molecule has 1 atom stereocenters. The second-order valence-corrected chi connectivity index (χ2v) is 8.67. The lowest BCUT2D eigenvalue weighted by Crippen LogP contribution is -2.34. The van der Waals surface area contributed by atoms with Crippen LogP contribution in [-0.4, -0.2) is 59.8 Å². The summed E-state index contributed by atoms with van der Waals surface area (Å²) in [5.74, 6) is 1.56. The Kier molecular flexibility index (Phi) is 7.26. The van der Waals surface area contributed by atoms with Crippen LogP contribution in [-0.2, 0) is 13.0 Å². The molecule has 2 aliphatic heterocycles. The number of rotatable bonds is 9. The van der Waals surface area contributed by atoms with Crippen molar-refractivity contribution >= 4 is 6.21 Å². The summed E-state index contributed by atoms with van der Waals surface area (Å²) in [6.45, 7) is 3.75. The average molecular weight is 473 g/mol. The van der Waals surface area contributed by atoms with Gasteiger partial charge in [0, 0.05) is 24.9 Å². The Morgan fingerprint density at radius 1 is 1.29 bits per heavy atom. The number of benzene rings is 1. The van der Waals surface area contributed by atoms with Crippen LogP contribution in [0.5, 0.6) is 23.1 Å². The molecular formula is C24H32N4O6. The van der Waals surface area contributed by atoms with E-state index in [2.05, 4.69) is 21.8 Å². The molecule has 184 valence electrons. The summed E-state index contributed by atoms with van der Waals surface area (Å²) in [4.78, 5) is 33.5. The van der Waals surface area contributed by atoms with Gasteiger partial charge in [-0.05, 0) is 31.5 Å². The number of aromatic nitrogens is 2. The molecule has 0 fully saturated rings. The third-order valence-corrected chi connectivity index (χ3v) is 6.49. The monoisotopic (exact) mass is 472 g/mol. The zero-order chi connectivity index (χ0) is 24.2. The number of ether oxygens (including phenoxy) is 3. The van der Waals surface area contributed by atoms with E-state index in [0.29, 0.717) is 30.3 Å². The van der Waals surface area contributed by atoms with E-state index in [1.54, 1.807) is 7.11 Å². The first-order valence-corrected chi connectivity index (χ1v) is 11.7. The maximum atomic E-state index is 12.4. The molecule has 34 heavy (non-hydrogen) atoms. The summed E-state index contributed by atoms with van der Waals surface area (Å²) in [5.41, 5.74) is 0.802. The van der Waals surface area contributed by atoms with E-state index < -0.39 is 11.2 Å². The summed E-state index contributed by atoms with van der Waals surface area (Å²) in [6, 6.07) is 1.88. The Balaban J connectivity index is 1.60. The van der Waals surface area contributed by atoms with Gasteiger partial charge in [0.05, 0.1) is 19.7 Å². The summed E-state index contributed by atoms with van der Waals surface area (Å²) in [6.07, 6.45) is 5.98. The molecule has 0 saturated carbocycles. The normalized spacial score (nSPS) is 17.3. The number of aliphatic imine (C=N–C) groups is 1. The molecule has 2 aliphatic rings. The number of hydrogen-bond donors (Lipinski definition) is 2. The Morgan fingerprint density at radius 2 is 2.12 bits per heavy atom. The van der Waals surface area contributed by atoms with Crippen LogP contribution in [0.25, 0.3) is 0 Å². The maximum absolute atomic E-state index is 12.4. The van der Waals surface area contributed by atoms with Crippen molar-refractivity contribution < 1.29 is 19.3 Å². The Bertz CT molecular complexity index is 1190. The highest BCUT2D eigenvalue weighted by Gasteiger charge is 2.33. The summed E-state index contributed by atoms with van der Waals surface area (Å²) < 4.78 is 18.1. The van der Waals surface area contributed by atoms with Gasteiger partial charge in [-0.1, -0.05) is 26.2 Å². The van der Waals surface area contributed by atoms with Crippen LogP contribution in [0.3, 0.4) is 0 Å². The third-order valence-electron chi connectivity index (χ3n) is 6.49. The zero-order valence-corrected chi connectivity index (χ0v) is 19.9. The molecule has 10 nitrogen and oxygen atoms in total. The van der Waals surface area contributed by atoms with Crippen LogP contribution >= 0.6 is 0 Å². The predicted molar refractivity (Wildman–Crippen MR) is 128 cm³/mol. The highest BCUT2D eigenvalue weighted by molar-refractivity contribution is 5.81. The van der Waals surface area contributed by atoms with Gasteiger partial charge in [0.15, 0.2) is 11.5 Å². The van der Waals surface area contributed by atoms with E-state index >= 15 is 0 Å². The molecule has 4 rings (SSSR count). The number of unbranched alkanes of at least 4 members (excludes halogenated alkanes) is 3. The van der Waals surface area contributed by atoms with Crippen molar-refractivity contribution in [3.05, 3.63) is 43.6 Å². The van der Waals surface area contributed by atoms with Gasteiger partial charge in [0.25, 0.3) is 5.56 Å². The molecule has 10 heteroatoms. The third kappa shape index (κ3) is 4.54. The van der Waals surface area contributed by atoms with E-state index in [0.717, 1.165) is 49.8 Å². The number of nitrogens with one attached hydrogen (secondary N) is 1. The second kappa shape index (κ2) is 10.3. The highest BCUT2D eigenvalue weighted by Crippen LogP contribution is 2.49. The lowest BCUT2D eigenvalue weighted by molar-refractivity contribution is 0.170. The van der Waals surface area contributed by atoms with Crippen LogP contribution < -0.4 is 25.5 Å². The molecule has 0 unspecified atom stereocenters. The largest absolute Gasteiger partial charge is 0.494 e. The quantitative estimate of drug-likeness (QED) is 0.424. The van der Waals surface area contributed by atoms with E-state index in [9.17, 15) is 14.7 Å². The molecule has 0 saturated heterocycles. The first kappa shape index (κ1) is 23.9. The molecule has 1 aromatic heterocycles. The number of fused-ring (bicyclic) bond motifs is 2. The lowest BCUT2D eigenvalue weighted by Gasteiger charge is -2.35. The molecule has 2 aromatic rings. The summed E-state index contributed by atoms with van der Waals surface area (Å²) in [7, 11) is 3.61. The van der Waals surface area contributed by atoms with Crippen molar-refractivity contribution in [2.75, 3.05) is 34.0 Å². The minimum Gasteiger partial charge on any atom is -0.494 e. The van der Waals surface area contributed by atoms with Crippen LogP contribution in [0.1, 0.15) is 55.3 Å². The molecule has 0 amide bonds. The zero-order valence-electron chi connectivity index (χ0n) is 19.9. The lowest BCUT2D eigenvalue weighted by atomic mass is 9.91. The summed E-state index contributed by atoms with van der Waals surface area (Å²) in [5, 5.41) is 10.6. The molecule has 0 bridgehead atoms. The summed E-state index contributed by atoms with van der Waals surface area (Å²) >= 11 is 0. The van der Waals surface area contributed by atoms with Crippen molar-refractivity contribution in [3.63, 3.8) is 0 Å². The van der Waals surface area contributed by atoms with Crippen molar-refractivity contribution in [2.24, 2.45) is 4.99 Å². The number of H-pyrrole nitrogens is 1. The van der Waals surface area contributed by atoms with E-state index in [1.807, 2.05) is 13.1 Å². The van der Waals surface area contributed by atoms with Crippen molar-refractivity contribution in [3.8, 4) is 23.1 Å². The Labute approximate surface area is 197 Å². The number of methoxy groups -OCH3 is 1. The van der Waals surface area contributed by atoms with Crippen LogP contribution in [0, 0.1) is 0 Å². The number of hydrogen-bond acceptors (Lipinski definition) is 8. The molecule has 0 radical (unpaired) electrons. The van der Waals surface area contributed by atoms with Crippen molar-refractivity contribution in [1.29, 1.82) is 0 Å². The van der Waals surface area contributed by atoms with Gasteiger partial charge >= 0.3 is 5.69 Å².